The fourth-order valence-corrected chi connectivity index (χ4v) is 3.26. The van der Waals surface area contributed by atoms with E-state index in [1.807, 2.05) is 0 Å². The second-order valence-corrected chi connectivity index (χ2v) is 7.52. The molecule has 4 atom stereocenters. The molecule has 4 unspecified atom stereocenters. The normalized spacial score (nSPS) is 24.6. The van der Waals surface area contributed by atoms with Crippen LogP contribution in [0.3, 0.4) is 0 Å². The molecule has 0 amide bonds. The Kier molecular flexibility index (Phi) is 14.6. The smallest absolute Gasteiger partial charge is 0.305 e. The first kappa shape index (κ1) is 25.3. The summed E-state index contributed by atoms with van der Waals surface area (Å²) in [5, 5.41) is 0. The standard InChI is InChI=1S/C22H42O6/c1-5-8-11-14-24-17-19-20(25-15-12-9-6-2)21(26-16-13-10-7-3)22(28-19)27-18(4)23/h19-22H,5-17H2,1-4H3. The second-order valence-electron chi connectivity index (χ2n) is 7.52. The fraction of sp³-hybridized carbons (Fsp3) is 0.955. The van der Waals surface area contributed by atoms with E-state index in [4.69, 9.17) is 23.7 Å². The van der Waals surface area contributed by atoms with Crippen molar-refractivity contribution < 1.29 is 28.5 Å². The molecule has 1 rings (SSSR count). The highest BCUT2D eigenvalue weighted by molar-refractivity contribution is 5.66. The van der Waals surface area contributed by atoms with Crippen LogP contribution in [-0.4, -0.2) is 57.0 Å². The summed E-state index contributed by atoms with van der Waals surface area (Å²) in [7, 11) is 0. The molecule has 0 N–H and O–H groups in total. The zero-order chi connectivity index (χ0) is 20.6. The summed E-state index contributed by atoms with van der Waals surface area (Å²) < 4.78 is 29.4. The highest BCUT2D eigenvalue weighted by atomic mass is 16.7. The maximum absolute atomic E-state index is 11.5. The van der Waals surface area contributed by atoms with Gasteiger partial charge in [0.15, 0.2) is 0 Å². The van der Waals surface area contributed by atoms with Crippen molar-refractivity contribution in [2.75, 3.05) is 26.4 Å². The summed E-state index contributed by atoms with van der Waals surface area (Å²) in [5.74, 6) is -0.374. The Morgan fingerprint density at radius 1 is 0.786 bits per heavy atom. The number of esters is 1. The van der Waals surface area contributed by atoms with E-state index in [9.17, 15) is 4.79 Å². The summed E-state index contributed by atoms with van der Waals surface area (Å²) >= 11 is 0. The molecule has 0 aromatic rings. The SMILES string of the molecule is CCCCCOCC1OC(OC(C)=O)C(OCCCCC)C1OCCCCC. The third-order valence-corrected chi connectivity index (χ3v) is 4.84. The molecular formula is C22H42O6. The minimum atomic E-state index is -0.737. The van der Waals surface area contributed by atoms with Gasteiger partial charge < -0.3 is 23.7 Å². The van der Waals surface area contributed by atoms with E-state index < -0.39 is 12.4 Å². The van der Waals surface area contributed by atoms with Gasteiger partial charge in [0.05, 0.1) is 6.61 Å². The van der Waals surface area contributed by atoms with Gasteiger partial charge in [0, 0.05) is 26.7 Å². The van der Waals surface area contributed by atoms with Crippen molar-refractivity contribution in [1.82, 2.24) is 0 Å². The molecule has 28 heavy (non-hydrogen) atoms. The Labute approximate surface area is 171 Å². The van der Waals surface area contributed by atoms with Crippen LogP contribution >= 0.6 is 0 Å². The lowest BCUT2D eigenvalue weighted by atomic mass is 10.1. The van der Waals surface area contributed by atoms with E-state index in [1.54, 1.807) is 0 Å². The van der Waals surface area contributed by atoms with Crippen LogP contribution in [0.4, 0.5) is 0 Å². The van der Waals surface area contributed by atoms with E-state index in [1.165, 1.54) is 6.92 Å². The number of rotatable bonds is 17. The molecule has 166 valence electrons. The van der Waals surface area contributed by atoms with Crippen LogP contribution in [-0.2, 0) is 28.5 Å². The summed E-state index contributed by atoms with van der Waals surface area (Å²) in [6.45, 7) is 10.3. The second kappa shape index (κ2) is 16.1. The van der Waals surface area contributed by atoms with Gasteiger partial charge in [0.1, 0.15) is 18.3 Å². The molecule has 6 heteroatoms. The molecule has 0 radical (unpaired) electrons. The fourth-order valence-electron chi connectivity index (χ4n) is 3.26. The molecule has 0 aromatic carbocycles. The molecule has 0 saturated carbocycles. The molecule has 0 spiro atoms. The van der Waals surface area contributed by atoms with E-state index in [-0.39, 0.29) is 18.2 Å². The third kappa shape index (κ3) is 10.2. The number of unbranched alkanes of at least 4 members (excludes halogenated alkanes) is 6. The first-order chi connectivity index (χ1) is 13.6. The molecule has 1 fully saturated rings. The van der Waals surface area contributed by atoms with E-state index in [0.717, 1.165) is 57.8 Å². The topological polar surface area (TPSA) is 63.2 Å². The maximum atomic E-state index is 11.5. The number of hydrogen-bond donors (Lipinski definition) is 0. The number of carbonyl (C=O) groups excluding carboxylic acids is 1. The Bertz CT molecular complexity index is 389. The first-order valence-corrected chi connectivity index (χ1v) is 11.3. The zero-order valence-corrected chi connectivity index (χ0v) is 18.5. The van der Waals surface area contributed by atoms with Crippen LogP contribution < -0.4 is 0 Å². The van der Waals surface area contributed by atoms with Crippen molar-refractivity contribution in [2.24, 2.45) is 0 Å². The molecule has 1 aliphatic heterocycles. The lowest BCUT2D eigenvalue weighted by Gasteiger charge is -2.24. The van der Waals surface area contributed by atoms with Crippen LogP contribution in [0.2, 0.25) is 0 Å². The monoisotopic (exact) mass is 402 g/mol. The van der Waals surface area contributed by atoms with Crippen molar-refractivity contribution >= 4 is 5.97 Å². The van der Waals surface area contributed by atoms with Gasteiger partial charge >= 0.3 is 5.97 Å². The van der Waals surface area contributed by atoms with Gasteiger partial charge in [-0.3, -0.25) is 4.79 Å². The Hall–Kier alpha value is -0.690. The quantitative estimate of drug-likeness (QED) is 0.261. The van der Waals surface area contributed by atoms with Crippen LogP contribution in [0, 0.1) is 0 Å². The molecule has 0 aromatic heterocycles. The van der Waals surface area contributed by atoms with Gasteiger partial charge in [-0.1, -0.05) is 59.3 Å². The average Bonchev–Trinajstić information content (AvgIpc) is 2.98. The maximum Gasteiger partial charge on any atom is 0.305 e. The summed E-state index contributed by atoms with van der Waals surface area (Å²) in [5.41, 5.74) is 0. The minimum absolute atomic E-state index is 0.283. The van der Waals surface area contributed by atoms with Gasteiger partial charge in [0.2, 0.25) is 6.29 Å². The van der Waals surface area contributed by atoms with Crippen LogP contribution in [0.1, 0.15) is 85.5 Å². The van der Waals surface area contributed by atoms with Gasteiger partial charge in [-0.15, -0.1) is 0 Å². The third-order valence-electron chi connectivity index (χ3n) is 4.84. The van der Waals surface area contributed by atoms with Crippen LogP contribution in [0.15, 0.2) is 0 Å². The predicted octanol–water partition coefficient (Wildman–Crippen LogP) is 4.63. The number of carbonyl (C=O) groups is 1. The minimum Gasteiger partial charge on any atom is -0.433 e. The zero-order valence-electron chi connectivity index (χ0n) is 18.5. The first-order valence-electron chi connectivity index (χ1n) is 11.3. The van der Waals surface area contributed by atoms with Gasteiger partial charge in [-0.2, -0.15) is 0 Å². The summed E-state index contributed by atoms with van der Waals surface area (Å²) in [4.78, 5) is 11.5. The van der Waals surface area contributed by atoms with Gasteiger partial charge in [-0.05, 0) is 19.3 Å². The van der Waals surface area contributed by atoms with E-state index in [0.29, 0.717) is 26.4 Å². The molecule has 1 saturated heterocycles. The number of hydrogen-bond acceptors (Lipinski definition) is 6. The van der Waals surface area contributed by atoms with Crippen molar-refractivity contribution in [3.8, 4) is 0 Å². The highest BCUT2D eigenvalue weighted by Crippen LogP contribution is 2.29. The van der Waals surface area contributed by atoms with Crippen molar-refractivity contribution in [3.05, 3.63) is 0 Å². The predicted molar refractivity (Wildman–Crippen MR) is 109 cm³/mol. The lowest BCUT2D eigenvalue weighted by Crippen LogP contribution is -2.40. The van der Waals surface area contributed by atoms with Gasteiger partial charge in [0.25, 0.3) is 0 Å². The molecular weight excluding hydrogens is 360 g/mol. The highest BCUT2D eigenvalue weighted by Gasteiger charge is 2.48. The Balaban J connectivity index is 2.68. The largest absolute Gasteiger partial charge is 0.433 e. The number of ether oxygens (including phenoxy) is 5. The van der Waals surface area contributed by atoms with E-state index in [2.05, 4.69) is 20.8 Å². The Morgan fingerprint density at radius 3 is 1.86 bits per heavy atom. The molecule has 0 aliphatic carbocycles. The lowest BCUT2D eigenvalue weighted by molar-refractivity contribution is -0.194. The molecule has 1 heterocycles. The van der Waals surface area contributed by atoms with Gasteiger partial charge in [-0.25, -0.2) is 0 Å². The summed E-state index contributed by atoms with van der Waals surface area (Å²) in [6.07, 6.45) is 8.11. The van der Waals surface area contributed by atoms with Crippen molar-refractivity contribution in [3.63, 3.8) is 0 Å². The van der Waals surface area contributed by atoms with Crippen molar-refractivity contribution in [1.29, 1.82) is 0 Å². The van der Waals surface area contributed by atoms with Crippen LogP contribution in [0.25, 0.3) is 0 Å². The average molecular weight is 403 g/mol. The summed E-state index contributed by atoms with van der Waals surface area (Å²) in [6, 6.07) is 0. The Morgan fingerprint density at radius 2 is 1.32 bits per heavy atom. The van der Waals surface area contributed by atoms with E-state index >= 15 is 0 Å². The molecule has 0 bridgehead atoms. The van der Waals surface area contributed by atoms with Crippen molar-refractivity contribution in [2.45, 2.75) is 110 Å². The van der Waals surface area contributed by atoms with Crippen LogP contribution in [0.5, 0.6) is 0 Å². The molecule has 6 nitrogen and oxygen atoms in total. The molecule has 1 aliphatic rings.